The third-order valence-corrected chi connectivity index (χ3v) is 3.53. The van der Waals surface area contributed by atoms with Gasteiger partial charge in [-0.05, 0) is 26.0 Å². The molecule has 0 aromatic carbocycles. The Bertz CT molecular complexity index is 500. The number of thioether (sulfide) groups is 1. The van der Waals surface area contributed by atoms with Gasteiger partial charge in [0.15, 0.2) is 0 Å². The molecule has 3 nitrogen and oxygen atoms in total. The van der Waals surface area contributed by atoms with E-state index in [0.717, 1.165) is 29.6 Å². The van der Waals surface area contributed by atoms with Gasteiger partial charge in [-0.25, -0.2) is 4.98 Å². The van der Waals surface area contributed by atoms with Gasteiger partial charge >= 0.3 is 6.18 Å². The van der Waals surface area contributed by atoms with Crippen LogP contribution in [0, 0.1) is 0 Å². The molecule has 0 aliphatic rings. The summed E-state index contributed by atoms with van der Waals surface area (Å²) in [5.41, 5.74) is 0.0819. The van der Waals surface area contributed by atoms with Gasteiger partial charge < -0.3 is 4.90 Å². The number of rotatable bonds is 6. The first-order valence-electron chi connectivity index (χ1n) is 6.32. The highest BCUT2D eigenvalue weighted by Gasteiger charge is 2.30. The Kier molecular flexibility index (Phi) is 6.26. The quantitative estimate of drug-likeness (QED) is 0.593. The molecule has 0 aliphatic heterocycles. The van der Waals surface area contributed by atoms with Crippen LogP contribution in [-0.4, -0.2) is 34.6 Å². The molecule has 0 aliphatic carbocycles. The first kappa shape index (κ1) is 17.6. The number of nitrogens with zero attached hydrogens (tertiary/aromatic N) is 2. The summed E-state index contributed by atoms with van der Waals surface area (Å²) in [6, 6.07) is 2.24. The first-order valence-corrected chi connectivity index (χ1v) is 7.30. The zero-order valence-electron chi connectivity index (χ0n) is 11.9. The van der Waals surface area contributed by atoms with E-state index in [2.05, 4.69) is 11.6 Å². The van der Waals surface area contributed by atoms with Gasteiger partial charge in [-0.3, -0.25) is 4.79 Å². The fourth-order valence-electron chi connectivity index (χ4n) is 1.56. The summed E-state index contributed by atoms with van der Waals surface area (Å²) in [7, 11) is 0. The van der Waals surface area contributed by atoms with Crippen molar-refractivity contribution in [1.82, 2.24) is 9.88 Å². The number of halogens is 3. The maximum Gasteiger partial charge on any atom is 0.417 e. The summed E-state index contributed by atoms with van der Waals surface area (Å²) in [5.74, 6) is 0.0478. The zero-order chi connectivity index (χ0) is 16.0. The van der Waals surface area contributed by atoms with Crippen LogP contribution >= 0.6 is 11.8 Å². The lowest BCUT2D eigenvalue weighted by molar-refractivity contribution is -0.138. The van der Waals surface area contributed by atoms with E-state index in [1.807, 2.05) is 13.8 Å². The molecule has 0 unspecified atom stereocenters. The molecule has 0 spiro atoms. The predicted molar refractivity (Wildman–Crippen MR) is 77.0 cm³/mol. The number of aromatic nitrogens is 1. The lowest BCUT2D eigenvalue weighted by Crippen LogP contribution is -2.33. The maximum atomic E-state index is 12.4. The molecular weight excluding hydrogens is 301 g/mol. The van der Waals surface area contributed by atoms with Crippen molar-refractivity contribution in [3.05, 3.63) is 36.0 Å². The van der Waals surface area contributed by atoms with E-state index in [0.29, 0.717) is 18.1 Å². The normalized spacial score (nSPS) is 11.3. The molecule has 116 valence electrons. The van der Waals surface area contributed by atoms with Crippen molar-refractivity contribution in [3.63, 3.8) is 0 Å². The second kappa shape index (κ2) is 7.49. The number of pyridine rings is 1. The van der Waals surface area contributed by atoms with Crippen LogP contribution in [0.1, 0.15) is 19.4 Å². The van der Waals surface area contributed by atoms with E-state index in [1.165, 1.54) is 6.07 Å². The molecule has 0 N–H and O–H groups in total. The molecular formula is C14H17F3N2OS. The molecule has 0 atom stereocenters. The van der Waals surface area contributed by atoms with Crippen molar-refractivity contribution in [2.45, 2.75) is 25.0 Å². The van der Waals surface area contributed by atoms with Gasteiger partial charge in [0.2, 0.25) is 5.91 Å². The second-order valence-electron chi connectivity index (χ2n) is 4.54. The molecule has 0 saturated carbocycles. The van der Waals surface area contributed by atoms with Crippen LogP contribution in [0.5, 0.6) is 0 Å². The Labute approximate surface area is 126 Å². The zero-order valence-corrected chi connectivity index (χ0v) is 12.7. The number of hydrogen-bond donors (Lipinski definition) is 0. The van der Waals surface area contributed by atoms with Crippen molar-refractivity contribution in [2.24, 2.45) is 0 Å². The first-order chi connectivity index (χ1) is 9.74. The largest absolute Gasteiger partial charge is 0.417 e. The molecule has 0 saturated heterocycles. The van der Waals surface area contributed by atoms with Gasteiger partial charge in [0.1, 0.15) is 0 Å². The van der Waals surface area contributed by atoms with Gasteiger partial charge in [-0.15, -0.1) is 0 Å². The smallest absolute Gasteiger partial charge is 0.338 e. The van der Waals surface area contributed by atoms with Gasteiger partial charge in [0, 0.05) is 19.3 Å². The Morgan fingerprint density at radius 1 is 1.43 bits per heavy atom. The van der Waals surface area contributed by atoms with Crippen molar-refractivity contribution >= 4 is 17.7 Å². The Hall–Kier alpha value is -1.50. The fourth-order valence-corrected chi connectivity index (χ4v) is 2.31. The molecule has 7 heteroatoms. The summed E-state index contributed by atoms with van der Waals surface area (Å²) in [5, 5.41) is 0.391. The summed E-state index contributed by atoms with van der Waals surface area (Å²) >= 11 is 1.12. The van der Waals surface area contributed by atoms with Crippen molar-refractivity contribution in [2.75, 3.05) is 18.8 Å². The molecule has 1 heterocycles. The van der Waals surface area contributed by atoms with Gasteiger partial charge in [0.25, 0.3) is 0 Å². The van der Waals surface area contributed by atoms with Crippen LogP contribution in [0.4, 0.5) is 13.2 Å². The number of carbonyl (C=O) groups is 1. The molecule has 1 aromatic heterocycles. The van der Waals surface area contributed by atoms with Crippen LogP contribution in [-0.2, 0) is 11.0 Å². The molecule has 0 fully saturated rings. The molecule has 21 heavy (non-hydrogen) atoms. The van der Waals surface area contributed by atoms with Crippen molar-refractivity contribution in [1.29, 1.82) is 0 Å². The van der Waals surface area contributed by atoms with E-state index < -0.39 is 11.7 Å². The summed E-state index contributed by atoms with van der Waals surface area (Å²) in [4.78, 5) is 17.3. The van der Waals surface area contributed by atoms with Crippen LogP contribution in [0.15, 0.2) is 35.5 Å². The molecule has 1 rings (SSSR count). The maximum absolute atomic E-state index is 12.4. The second-order valence-corrected chi connectivity index (χ2v) is 5.53. The number of amides is 1. The minimum absolute atomic E-state index is 0.0906. The third kappa shape index (κ3) is 5.79. The summed E-state index contributed by atoms with van der Waals surface area (Å²) in [6.45, 7) is 8.50. The van der Waals surface area contributed by atoms with Crippen LogP contribution < -0.4 is 0 Å². The summed E-state index contributed by atoms with van der Waals surface area (Å²) in [6.07, 6.45) is -3.62. The molecule has 1 aromatic rings. The van der Waals surface area contributed by atoms with E-state index in [1.54, 1.807) is 4.90 Å². The molecule has 0 radical (unpaired) electrons. The van der Waals surface area contributed by atoms with Crippen LogP contribution in [0.3, 0.4) is 0 Å². The highest BCUT2D eigenvalue weighted by molar-refractivity contribution is 7.99. The monoisotopic (exact) mass is 318 g/mol. The minimum Gasteiger partial charge on any atom is -0.338 e. The van der Waals surface area contributed by atoms with E-state index in [4.69, 9.17) is 0 Å². The van der Waals surface area contributed by atoms with Gasteiger partial charge in [-0.1, -0.05) is 23.9 Å². The predicted octanol–water partition coefficient (Wildman–Crippen LogP) is 3.62. The number of likely N-dealkylation sites (N-methyl/N-ethyl adjacent to an activating group) is 1. The van der Waals surface area contributed by atoms with Crippen LogP contribution in [0.2, 0.25) is 0 Å². The lowest BCUT2D eigenvalue weighted by Gasteiger charge is -2.20. The van der Waals surface area contributed by atoms with Crippen molar-refractivity contribution in [3.8, 4) is 0 Å². The average Bonchev–Trinajstić information content (AvgIpc) is 2.41. The Morgan fingerprint density at radius 2 is 2.10 bits per heavy atom. The standard InChI is InChI=1S/C14H17F3N2OS/c1-4-19(8-10(2)3)13(20)9-21-12-6-5-11(7-18-12)14(15,16)17/h5-7H,2,4,8-9H2,1,3H3. The SMILES string of the molecule is C=C(C)CN(CC)C(=O)CSc1ccc(C(F)(F)F)cn1. The summed E-state index contributed by atoms with van der Waals surface area (Å²) < 4.78 is 37.2. The van der Waals surface area contributed by atoms with Gasteiger partial charge in [-0.2, -0.15) is 13.2 Å². The average molecular weight is 318 g/mol. The highest BCUT2D eigenvalue weighted by atomic mass is 32.2. The van der Waals surface area contributed by atoms with Crippen LogP contribution in [0.25, 0.3) is 0 Å². The molecule has 1 amide bonds. The topological polar surface area (TPSA) is 33.2 Å². The Morgan fingerprint density at radius 3 is 2.52 bits per heavy atom. The van der Waals surface area contributed by atoms with E-state index in [-0.39, 0.29) is 11.7 Å². The minimum atomic E-state index is -4.40. The van der Waals surface area contributed by atoms with E-state index >= 15 is 0 Å². The highest BCUT2D eigenvalue weighted by Crippen LogP contribution is 2.29. The number of carbonyl (C=O) groups excluding carboxylic acids is 1. The lowest BCUT2D eigenvalue weighted by atomic mass is 10.3. The van der Waals surface area contributed by atoms with Crippen molar-refractivity contribution < 1.29 is 18.0 Å². The van der Waals surface area contributed by atoms with E-state index in [9.17, 15) is 18.0 Å². The Balaban J connectivity index is 2.58. The molecule has 0 bridgehead atoms. The third-order valence-electron chi connectivity index (χ3n) is 2.60. The number of hydrogen-bond acceptors (Lipinski definition) is 3. The fraction of sp³-hybridized carbons (Fsp3) is 0.429. The number of alkyl halides is 3. The van der Waals surface area contributed by atoms with Gasteiger partial charge in [0.05, 0.1) is 16.3 Å².